The van der Waals surface area contributed by atoms with Crippen molar-refractivity contribution in [2.75, 3.05) is 13.1 Å². The van der Waals surface area contributed by atoms with Crippen LogP contribution in [0, 0.1) is 5.82 Å². The van der Waals surface area contributed by atoms with E-state index < -0.39 is 17.6 Å². The summed E-state index contributed by atoms with van der Waals surface area (Å²) in [6.07, 6.45) is -2.28. The molecule has 106 valence electrons. The van der Waals surface area contributed by atoms with Gasteiger partial charge >= 0.3 is 6.18 Å². The van der Waals surface area contributed by atoms with E-state index >= 15 is 0 Å². The summed E-state index contributed by atoms with van der Waals surface area (Å²) in [7, 11) is 0. The number of nitrogens with one attached hydrogen (secondary N) is 2. The molecule has 2 rings (SSSR count). The van der Waals surface area contributed by atoms with Crippen LogP contribution < -0.4 is 10.6 Å². The molecule has 0 bridgehead atoms. The molecule has 0 amide bonds. The fraction of sp³-hybridized carbons (Fsp3) is 0.538. The van der Waals surface area contributed by atoms with Gasteiger partial charge < -0.3 is 10.6 Å². The van der Waals surface area contributed by atoms with Crippen molar-refractivity contribution in [1.29, 1.82) is 0 Å². The molecule has 0 saturated heterocycles. The second-order valence-corrected chi connectivity index (χ2v) is 4.68. The summed E-state index contributed by atoms with van der Waals surface area (Å²) in [5.74, 6) is -1.18. The van der Waals surface area contributed by atoms with Crippen LogP contribution in [0.1, 0.15) is 24.0 Å². The van der Waals surface area contributed by atoms with E-state index in [4.69, 9.17) is 0 Å². The predicted octanol–water partition coefficient (Wildman–Crippen LogP) is 2.69. The molecule has 2 nitrogen and oxygen atoms in total. The zero-order valence-corrected chi connectivity index (χ0v) is 10.4. The summed E-state index contributed by atoms with van der Waals surface area (Å²) < 4.78 is 51.1. The smallest absolute Gasteiger partial charge is 0.313 e. The molecule has 0 radical (unpaired) electrons. The number of hydrogen-bond donors (Lipinski definition) is 2. The maximum absolute atomic E-state index is 13.6. The first-order valence-corrected chi connectivity index (χ1v) is 6.27. The first kappa shape index (κ1) is 14.3. The first-order chi connectivity index (χ1) is 8.98. The molecule has 6 heteroatoms. The number of alkyl halides is 3. The quantitative estimate of drug-likeness (QED) is 0.616. The Labute approximate surface area is 109 Å². The van der Waals surface area contributed by atoms with Gasteiger partial charge in [0.2, 0.25) is 0 Å². The van der Waals surface area contributed by atoms with Crippen molar-refractivity contribution in [2.45, 2.75) is 31.6 Å². The van der Waals surface area contributed by atoms with Crippen LogP contribution in [0.2, 0.25) is 0 Å². The maximum atomic E-state index is 13.6. The molecule has 19 heavy (non-hydrogen) atoms. The monoisotopic (exact) mass is 276 g/mol. The SMILES string of the molecule is Fc1c(CNCCNC2CC2)cccc1C(F)(F)F. The fourth-order valence-electron chi connectivity index (χ4n) is 1.81. The summed E-state index contributed by atoms with van der Waals surface area (Å²) in [5, 5.41) is 6.19. The van der Waals surface area contributed by atoms with Gasteiger partial charge in [-0.2, -0.15) is 13.2 Å². The molecule has 1 saturated carbocycles. The van der Waals surface area contributed by atoms with Gasteiger partial charge in [0.15, 0.2) is 0 Å². The number of hydrogen-bond acceptors (Lipinski definition) is 2. The summed E-state index contributed by atoms with van der Waals surface area (Å²) in [6, 6.07) is 3.94. The molecule has 1 aromatic rings. The topological polar surface area (TPSA) is 24.1 Å². The van der Waals surface area contributed by atoms with E-state index in [-0.39, 0.29) is 12.1 Å². The van der Waals surface area contributed by atoms with Gasteiger partial charge in [0, 0.05) is 31.2 Å². The third kappa shape index (κ3) is 4.18. The highest BCUT2D eigenvalue weighted by Gasteiger charge is 2.34. The Morgan fingerprint density at radius 1 is 1.16 bits per heavy atom. The minimum Gasteiger partial charge on any atom is -0.313 e. The van der Waals surface area contributed by atoms with E-state index in [0.29, 0.717) is 12.6 Å². The lowest BCUT2D eigenvalue weighted by atomic mass is 10.1. The van der Waals surface area contributed by atoms with Gasteiger partial charge in [-0.1, -0.05) is 12.1 Å². The van der Waals surface area contributed by atoms with E-state index in [2.05, 4.69) is 10.6 Å². The van der Waals surface area contributed by atoms with Crippen LogP contribution >= 0.6 is 0 Å². The molecule has 0 aromatic heterocycles. The normalized spacial score (nSPS) is 15.8. The third-order valence-corrected chi connectivity index (χ3v) is 3.01. The van der Waals surface area contributed by atoms with Crippen molar-refractivity contribution < 1.29 is 17.6 Å². The summed E-state index contributed by atoms with van der Waals surface area (Å²) in [4.78, 5) is 0. The lowest BCUT2D eigenvalue weighted by Gasteiger charge is -2.12. The average Bonchev–Trinajstić information content (AvgIpc) is 3.13. The molecule has 2 N–H and O–H groups in total. The average molecular weight is 276 g/mol. The molecule has 0 unspecified atom stereocenters. The molecule has 0 atom stereocenters. The molecule has 0 heterocycles. The van der Waals surface area contributed by atoms with Gasteiger partial charge in [0.05, 0.1) is 5.56 Å². The van der Waals surface area contributed by atoms with E-state index in [1.807, 2.05) is 0 Å². The fourth-order valence-corrected chi connectivity index (χ4v) is 1.81. The lowest BCUT2D eigenvalue weighted by Crippen LogP contribution is -2.28. The Hall–Kier alpha value is -1.14. The zero-order valence-electron chi connectivity index (χ0n) is 10.4. The molecule has 1 aliphatic carbocycles. The molecule has 1 aliphatic rings. The molecular weight excluding hydrogens is 260 g/mol. The number of rotatable bonds is 6. The van der Waals surface area contributed by atoms with Crippen LogP contribution in [0.15, 0.2) is 18.2 Å². The molecule has 1 fully saturated rings. The van der Waals surface area contributed by atoms with Crippen LogP contribution in [-0.2, 0) is 12.7 Å². The van der Waals surface area contributed by atoms with E-state index in [9.17, 15) is 17.6 Å². The Kier molecular flexibility index (Phi) is 4.42. The standard InChI is InChI=1S/C13H16F4N2/c14-12-9(2-1-3-11(12)13(15,16)17)8-18-6-7-19-10-4-5-10/h1-3,10,18-19H,4-8H2. The first-order valence-electron chi connectivity index (χ1n) is 6.27. The van der Waals surface area contributed by atoms with Crippen molar-refractivity contribution in [3.8, 4) is 0 Å². The van der Waals surface area contributed by atoms with Crippen molar-refractivity contribution in [3.05, 3.63) is 35.1 Å². The highest BCUT2D eigenvalue weighted by atomic mass is 19.4. The molecule has 0 aliphatic heterocycles. The van der Waals surface area contributed by atoms with Crippen molar-refractivity contribution in [1.82, 2.24) is 10.6 Å². The summed E-state index contributed by atoms with van der Waals surface area (Å²) >= 11 is 0. The summed E-state index contributed by atoms with van der Waals surface area (Å²) in [6.45, 7) is 1.44. The van der Waals surface area contributed by atoms with Crippen LogP contribution in [0.4, 0.5) is 17.6 Å². The largest absolute Gasteiger partial charge is 0.419 e. The molecule has 0 spiro atoms. The highest BCUT2D eigenvalue weighted by Crippen LogP contribution is 2.32. The Morgan fingerprint density at radius 2 is 1.89 bits per heavy atom. The molecule has 1 aromatic carbocycles. The Morgan fingerprint density at radius 3 is 2.53 bits per heavy atom. The predicted molar refractivity (Wildman–Crippen MR) is 64.1 cm³/mol. The third-order valence-electron chi connectivity index (χ3n) is 3.01. The van der Waals surface area contributed by atoms with E-state index in [1.54, 1.807) is 0 Å². The van der Waals surface area contributed by atoms with Crippen LogP contribution in [0.25, 0.3) is 0 Å². The van der Waals surface area contributed by atoms with Crippen LogP contribution in [0.5, 0.6) is 0 Å². The van der Waals surface area contributed by atoms with Gasteiger partial charge in [0.1, 0.15) is 5.82 Å². The van der Waals surface area contributed by atoms with E-state index in [0.717, 1.165) is 12.6 Å². The maximum Gasteiger partial charge on any atom is 0.419 e. The van der Waals surface area contributed by atoms with Crippen molar-refractivity contribution >= 4 is 0 Å². The Bertz CT molecular complexity index is 427. The lowest BCUT2D eigenvalue weighted by molar-refractivity contribution is -0.140. The van der Waals surface area contributed by atoms with Gasteiger partial charge in [-0.25, -0.2) is 4.39 Å². The highest BCUT2D eigenvalue weighted by molar-refractivity contribution is 5.28. The van der Waals surface area contributed by atoms with Gasteiger partial charge in [0.25, 0.3) is 0 Å². The Balaban J connectivity index is 1.85. The minimum absolute atomic E-state index is 0.0428. The van der Waals surface area contributed by atoms with Crippen molar-refractivity contribution in [2.24, 2.45) is 0 Å². The van der Waals surface area contributed by atoms with Crippen molar-refractivity contribution in [3.63, 3.8) is 0 Å². The number of benzene rings is 1. The minimum atomic E-state index is -4.65. The second kappa shape index (κ2) is 5.88. The van der Waals surface area contributed by atoms with Crippen LogP contribution in [-0.4, -0.2) is 19.1 Å². The van der Waals surface area contributed by atoms with Gasteiger partial charge in [-0.15, -0.1) is 0 Å². The van der Waals surface area contributed by atoms with Crippen LogP contribution in [0.3, 0.4) is 0 Å². The van der Waals surface area contributed by atoms with E-state index in [1.165, 1.54) is 25.0 Å². The van der Waals surface area contributed by atoms with Gasteiger partial charge in [-0.05, 0) is 18.9 Å². The van der Waals surface area contributed by atoms with Gasteiger partial charge in [-0.3, -0.25) is 0 Å². The summed E-state index contributed by atoms with van der Waals surface area (Å²) in [5.41, 5.74) is -1.16. The number of halogens is 4. The zero-order chi connectivity index (χ0) is 13.9. The molecular formula is C13H16F4N2. The second-order valence-electron chi connectivity index (χ2n) is 4.68.